The van der Waals surface area contributed by atoms with Crippen LogP contribution in [0.15, 0.2) is 0 Å². The zero-order valence-electron chi connectivity index (χ0n) is 10.7. The summed E-state index contributed by atoms with van der Waals surface area (Å²) in [5, 5.41) is 6.55. The molecule has 2 fully saturated rings. The predicted octanol–water partition coefficient (Wildman–Crippen LogP) is 1.71. The van der Waals surface area contributed by atoms with Gasteiger partial charge >= 0.3 is 6.03 Å². The molecule has 2 heterocycles. The van der Waals surface area contributed by atoms with Crippen molar-refractivity contribution in [1.82, 2.24) is 15.5 Å². The molecule has 2 saturated heterocycles. The minimum Gasteiger partial charge on any atom is -0.338 e. The number of nitrogens with zero attached hydrogens (tertiary/aromatic N) is 1. The molecule has 0 spiro atoms. The lowest BCUT2D eigenvalue weighted by Crippen LogP contribution is -2.44. The first-order chi connectivity index (χ1) is 8.36. The summed E-state index contributed by atoms with van der Waals surface area (Å²) in [6, 6.07) is 0.755. The Morgan fingerprint density at radius 2 is 2.00 bits per heavy atom. The van der Waals surface area contributed by atoms with Gasteiger partial charge in [-0.05, 0) is 45.1 Å². The first kappa shape index (κ1) is 12.7. The first-order valence-electron chi connectivity index (χ1n) is 7.12. The molecule has 0 saturated carbocycles. The van der Waals surface area contributed by atoms with Crippen molar-refractivity contribution in [3.63, 3.8) is 0 Å². The number of carbonyl (C=O) groups is 1. The van der Waals surface area contributed by atoms with Gasteiger partial charge in [-0.3, -0.25) is 0 Å². The summed E-state index contributed by atoms with van der Waals surface area (Å²) < 4.78 is 0. The van der Waals surface area contributed by atoms with E-state index in [9.17, 15) is 4.79 Å². The normalized spacial score (nSPS) is 25.6. The standard InChI is InChI=1S/C13H25N3O/c17-13(16-10-4-1-5-11-16)15-9-7-12-6-2-3-8-14-12/h12,14H,1-11H2,(H,15,17). The Bertz CT molecular complexity index is 233. The Kier molecular flexibility index (Phi) is 5.10. The van der Waals surface area contributed by atoms with Gasteiger partial charge in [-0.25, -0.2) is 4.79 Å². The van der Waals surface area contributed by atoms with Gasteiger partial charge in [0.05, 0.1) is 0 Å². The highest BCUT2D eigenvalue weighted by Crippen LogP contribution is 2.10. The molecule has 0 bridgehead atoms. The largest absolute Gasteiger partial charge is 0.338 e. The molecule has 0 aromatic heterocycles. The SMILES string of the molecule is O=C(NCCC1CCCCN1)N1CCCCC1. The maximum Gasteiger partial charge on any atom is 0.317 e. The van der Waals surface area contributed by atoms with Crippen molar-refractivity contribution in [3.8, 4) is 0 Å². The van der Waals surface area contributed by atoms with E-state index in [1.807, 2.05) is 4.90 Å². The summed E-state index contributed by atoms with van der Waals surface area (Å²) in [5.74, 6) is 0. The number of nitrogens with one attached hydrogen (secondary N) is 2. The summed E-state index contributed by atoms with van der Waals surface area (Å²) >= 11 is 0. The second kappa shape index (κ2) is 6.84. The summed E-state index contributed by atoms with van der Waals surface area (Å²) in [6.07, 6.45) is 8.57. The van der Waals surface area contributed by atoms with E-state index in [1.165, 1.54) is 25.7 Å². The summed E-state index contributed by atoms with van der Waals surface area (Å²) in [4.78, 5) is 13.8. The molecule has 2 aliphatic rings. The highest BCUT2D eigenvalue weighted by Gasteiger charge is 2.17. The topological polar surface area (TPSA) is 44.4 Å². The molecule has 2 rings (SSSR count). The van der Waals surface area contributed by atoms with Gasteiger partial charge < -0.3 is 15.5 Å². The van der Waals surface area contributed by atoms with Crippen molar-refractivity contribution in [2.24, 2.45) is 0 Å². The van der Waals surface area contributed by atoms with Gasteiger partial charge in [-0.2, -0.15) is 0 Å². The Morgan fingerprint density at radius 1 is 1.18 bits per heavy atom. The average Bonchev–Trinajstić information content (AvgIpc) is 2.41. The molecule has 4 heteroatoms. The first-order valence-corrected chi connectivity index (χ1v) is 7.12. The second-order valence-corrected chi connectivity index (χ2v) is 5.22. The van der Waals surface area contributed by atoms with E-state index in [0.717, 1.165) is 45.4 Å². The highest BCUT2D eigenvalue weighted by molar-refractivity contribution is 5.74. The van der Waals surface area contributed by atoms with Crippen molar-refractivity contribution in [2.45, 2.75) is 51.0 Å². The van der Waals surface area contributed by atoms with Gasteiger partial charge in [-0.1, -0.05) is 6.42 Å². The van der Waals surface area contributed by atoms with E-state index in [4.69, 9.17) is 0 Å². The minimum atomic E-state index is 0.139. The molecule has 0 radical (unpaired) electrons. The molecule has 1 unspecified atom stereocenters. The number of likely N-dealkylation sites (tertiary alicyclic amines) is 1. The van der Waals surface area contributed by atoms with Crippen molar-refractivity contribution < 1.29 is 4.79 Å². The molecule has 17 heavy (non-hydrogen) atoms. The number of piperidine rings is 2. The Hall–Kier alpha value is -0.770. The average molecular weight is 239 g/mol. The Balaban J connectivity index is 1.58. The van der Waals surface area contributed by atoms with Gasteiger partial charge in [0.2, 0.25) is 0 Å². The van der Waals surface area contributed by atoms with Gasteiger partial charge in [-0.15, -0.1) is 0 Å². The zero-order valence-corrected chi connectivity index (χ0v) is 10.7. The number of rotatable bonds is 3. The lowest BCUT2D eigenvalue weighted by Gasteiger charge is -2.28. The van der Waals surface area contributed by atoms with Gasteiger partial charge in [0.15, 0.2) is 0 Å². The predicted molar refractivity (Wildman–Crippen MR) is 69.1 cm³/mol. The third-order valence-corrected chi connectivity index (χ3v) is 3.82. The van der Waals surface area contributed by atoms with Crippen LogP contribution in [0.4, 0.5) is 4.79 Å². The maximum absolute atomic E-state index is 11.8. The van der Waals surface area contributed by atoms with Crippen LogP contribution in [-0.4, -0.2) is 43.2 Å². The highest BCUT2D eigenvalue weighted by atomic mass is 16.2. The van der Waals surface area contributed by atoms with Crippen molar-refractivity contribution in [2.75, 3.05) is 26.2 Å². The van der Waals surface area contributed by atoms with Gasteiger partial charge in [0.1, 0.15) is 0 Å². The molecular weight excluding hydrogens is 214 g/mol. The van der Waals surface area contributed by atoms with Crippen molar-refractivity contribution >= 4 is 6.03 Å². The number of carbonyl (C=O) groups excluding carboxylic acids is 1. The number of urea groups is 1. The van der Waals surface area contributed by atoms with Crippen LogP contribution in [0.3, 0.4) is 0 Å². The molecule has 0 aliphatic carbocycles. The van der Waals surface area contributed by atoms with Crippen molar-refractivity contribution in [1.29, 1.82) is 0 Å². The van der Waals surface area contributed by atoms with Crippen LogP contribution in [0.2, 0.25) is 0 Å². The molecular formula is C13H25N3O. The fourth-order valence-electron chi connectivity index (χ4n) is 2.73. The Morgan fingerprint density at radius 3 is 2.71 bits per heavy atom. The van der Waals surface area contributed by atoms with Crippen LogP contribution in [0, 0.1) is 0 Å². The third-order valence-electron chi connectivity index (χ3n) is 3.82. The second-order valence-electron chi connectivity index (χ2n) is 5.22. The number of hydrogen-bond donors (Lipinski definition) is 2. The van der Waals surface area contributed by atoms with Crippen LogP contribution < -0.4 is 10.6 Å². The molecule has 2 N–H and O–H groups in total. The quantitative estimate of drug-likeness (QED) is 0.787. The number of hydrogen-bond acceptors (Lipinski definition) is 2. The molecule has 1 atom stereocenters. The molecule has 0 aromatic rings. The zero-order chi connectivity index (χ0) is 11.9. The van der Waals surface area contributed by atoms with Crippen LogP contribution in [-0.2, 0) is 0 Å². The van der Waals surface area contributed by atoms with E-state index < -0.39 is 0 Å². The lowest BCUT2D eigenvalue weighted by atomic mass is 10.0. The van der Waals surface area contributed by atoms with Gasteiger partial charge in [0.25, 0.3) is 0 Å². The van der Waals surface area contributed by atoms with Crippen LogP contribution >= 0.6 is 0 Å². The van der Waals surface area contributed by atoms with E-state index >= 15 is 0 Å². The fourth-order valence-corrected chi connectivity index (χ4v) is 2.73. The van der Waals surface area contributed by atoms with E-state index in [2.05, 4.69) is 10.6 Å². The smallest absolute Gasteiger partial charge is 0.317 e. The molecule has 2 aliphatic heterocycles. The molecule has 4 nitrogen and oxygen atoms in total. The summed E-state index contributed by atoms with van der Waals surface area (Å²) in [6.45, 7) is 3.83. The molecule has 98 valence electrons. The summed E-state index contributed by atoms with van der Waals surface area (Å²) in [7, 11) is 0. The lowest BCUT2D eigenvalue weighted by molar-refractivity contribution is 0.185. The Labute approximate surface area is 104 Å². The molecule has 2 amide bonds. The van der Waals surface area contributed by atoms with Gasteiger partial charge in [0, 0.05) is 25.7 Å². The fraction of sp³-hybridized carbons (Fsp3) is 0.923. The van der Waals surface area contributed by atoms with E-state index in [0.29, 0.717) is 6.04 Å². The molecule has 0 aromatic carbocycles. The summed E-state index contributed by atoms with van der Waals surface area (Å²) in [5.41, 5.74) is 0. The maximum atomic E-state index is 11.8. The van der Waals surface area contributed by atoms with Crippen molar-refractivity contribution in [3.05, 3.63) is 0 Å². The monoisotopic (exact) mass is 239 g/mol. The minimum absolute atomic E-state index is 0.139. The van der Waals surface area contributed by atoms with Crippen LogP contribution in [0.25, 0.3) is 0 Å². The van der Waals surface area contributed by atoms with E-state index in [-0.39, 0.29) is 6.03 Å². The van der Waals surface area contributed by atoms with E-state index in [1.54, 1.807) is 0 Å². The van der Waals surface area contributed by atoms with Crippen LogP contribution in [0.1, 0.15) is 44.9 Å². The van der Waals surface area contributed by atoms with Crippen LogP contribution in [0.5, 0.6) is 0 Å². The third kappa shape index (κ3) is 4.19. The number of amides is 2.